The van der Waals surface area contributed by atoms with Gasteiger partial charge >= 0.3 is 6.09 Å². The Bertz CT molecular complexity index is 3620. The highest BCUT2D eigenvalue weighted by atomic mass is 32.1. The van der Waals surface area contributed by atoms with Crippen molar-refractivity contribution in [3.8, 4) is 43.4 Å². The van der Waals surface area contributed by atoms with E-state index in [9.17, 15) is 33.9 Å². The van der Waals surface area contributed by atoms with Crippen LogP contribution in [0.4, 0.5) is 10.6 Å². The number of methoxy groups -OCH3 is 1. The lowest BCUT2D eigenvalue weighted by Gasteiger charge is -2.23. The summed E-state index contributed by atoms with van der Waals surface area (Å²) in [6.45, 7) is 8.40. The second-order valence-corrected chi connectivity index (χ2v) is 25.2. The molecule has 1 aliphatic rings. The Morgan fingerprint density at radius 2 is 1.44 bits per heavy atom. The van der Waals surface area contributed by atoms with Crippen LogP contribution >= 0.6 is 68.0 Å². The molecule has 9 N–H and O–H groups in total. The number of hydrogen-bond donors (Lipinski definition) is 8. The zero-order chi connectivity index (χ0) is 57.7. The molecule has 1 aliphatic heterocycles. The maximum Gasteiger partial charge on any atom is 0.412 e. The zero-order valence-electron chi connectivity index (χ0n) is 44.4. The third-order valence-electron chi connectivity index (χ3n) is 12.1. The maximum atomic E-state index is 14.3. The van der Waals surface area contributed by atoms with Gasteiger partial charge in [-0.3, -0.25) is 29.3 Å². The third-order valence-corrected chi connectivity index (χ3v) is 17.8. The van der Waals surface area contributed by atoms with Crippen LogP contribution in [0.3, 0.4) is 0 Å². The SMILES string of the molecule is CNC(=O)C[C@@H]1NC(=O)c2csc(n2)-c2ccc(-c3nc(NC(=O)OCC(C)(C)N)cs3)nc2-c2csc(n2)-c2csc(n2)[C@H]([C@@H](O)c2ccccc2)NC(=O)CNC(=O)c2nc(sc2COC)[C@H](C(C)C)NC(=O)c2nc1sc2C. The molecule has 8 heterocycles. The van der Waals surface area contributed by atoms with Gasteiger partial charge in [-0.2, -0.15) is 0 Å². The largest absolute Gasteiger partial charge is 0.447 e. The van der Waals surface area contributed by atoms with Gasteiger partial charge in [-0.1, -0.05) is 44.2 Å². The number of ether oxygens (including phenoxy) is 2. The van der Waals surface area contributed by atoms with Gasteiger partial charge in [0.25, 0.3) is 17.7 Å². The first-order valence-corrected chi connectivity index (χ1v) is 30.1. The van der Waals surface area contributed by atoms with Gasteiger partial charge in [0.2, 0.25) is 11.8 Å². The van der Waals surface area contributed by atoms with E-state index >= 15 is 0 Å². The van der Waals surface area contributed by atoms with Gasteiger partial charge in [-0.15, -0.1) is 68.0 Å². The molecule has 0 spiro atoms. The topological polar surface area (TPSA) is 330 Å². The Morgan fingerprint density at radius 3 is 2.19 bits per heavy atom. The minimum atomic E-state index is -1.27. The van der Waals surface area contributed by atoms with Crippen LogP contribution in [0.2, 0.25) is 0 Å². The fourth-order valence-electron chi connectivity index (χ4n) is 8.03. The quantitative estimate of drug-likeness (QED) is 0.0618. The molecule has 81 heavy (non-hydrogen) atoms. The van der Waals surface area contributed by atoms with Gasteiger partial charge in [-0.25, -0.2) is 39.7 Å². The van der Waals surface area contributed by atoms with Crippen LogP contribution in [0.1, 0.15) is 120 Å². The summed E-state index contributed by atoms with van der Waals surface area (Å²) in [4.78, 5) is 117. The number of nitrogens with one attached hydrogen (secondary N) is 6. The van der Waals surface area contributed by atoms with E-state index in [1.54, 1.807) is 84.8 Å². The molecule has 1 aromatic carbocycles. The molecule has 0 fully saturated rings. The fraction of sp³-hybridized carbons (Fsp3) is 0.327. The maximum absolute atomic E-state index is 14.3. The number of carbonyl (C=O) groups is 6. The van der Waals surface area contributed by atoms with E-state index in [0.29, 0.717) is 73.7 Å². The van der Waals surface area contributed by atoms with E-state index in [0.717, 1.165) is 11.3 Å². The molecule has 7 aromatic heterocycles. The molecule has 9 rings (SSSR count). The van der Waals surface area contributed by atoms with Crippen molar-refractivity contribution in [3.05, 3.63) is 111 Å². The first-order chi connectivity index (χ1) is 38.7. The van der Waals surface area contributed by atoms with Gasteiger partial charge < -0.3 is 46.9 Å². The van der Waals surface area contributed by atoms with Crippen molar-refractivity contribution in [1.29, 1.82) is 0 Å². The summed E-state index contributed by atoms with van der Waals surface area (Å²) >= 11 is 7.17. The van der Waals surface area contributed by atoms with Crippen LogP contribution in [0.15, 0.2) is 64.0 Å². The van der Waals surface area contributed by atoms with Crippen molar-refractivity contribution in [1.82, 2.24) is 61.5 Å². The van der Waals surface area contributed by atoms with E-state index in [1.807, 2.05) is 13.8 Å². The molecule has 23 nitrogen and oxygen atoms in total. The molecule has 422 valence electrons. The van der Waals surface area contributed by atoms with Crippen molar-refractivity contribution in [3.63, 3.8) is 0 Å². The minimum Gasteiger partial charge on any atom is -0.447 e. The van der Waals surface area contributed by atoms with E-state index in [2.05, 4.69) is 46.9 Å². The second kappa shape index (κ2) is 25.2. The van der Waals surface area contributed by atoms with Crippen molar-refractivity contribution in [2.24, 2.45) is 11.7 Å². The number of amides is 6. The molecule has 8 aromatic rings. The molecule has 0 radical (unpaired) electrons. The van der Waals surface area contributed by atoms with Crippen LogP contribution in [0, 0.1) is 12.8 Å². The Kier molecular flexibility index (Phi) is 18.1. The molecule has 0 saturated carbocycles. The van der Waals surface area contributed by atoms with Gasteiger partial charge in [0.1, 0.15) is 88.8 Å². The lowest BCUT2D eigenvalue weighted by atomic mass is 10.0. The number of hydrogen-bond acceptors (Lipinski definition) is 23. The number of aryl methyl sites for hydroxylation is 1. The number of benzene rings is 1. The van der Waals surface area contributed by atoms with Crippen LogP contribution < -0.4 is 37.6 Å². The zero-order valence-corrected chi connectivity index (χ0v) is 49.3. The highest BCUT2D eigenvalue weighted by molar-refractivity contribution is 7.15. The molecule has 0 saturated heterocycles. The first kappa shape index (κ1) is 58.3. The monoisotopic (exact) mass is 1210 g/mol. The molecule has 4 atom stereocenters. The van der Waals surface area contributed by atoms with Gasteiger partial charge in [0, 0.05) is 51.7 Å². The summed E-state index contributed by atoms with van der Waals surface area (Å²) in [7, 11) is 2.94. The smallest absolute Gasteiger partial charge is 0.412 e. The number of fused-ring (bicyclic) bond motifs is 14. The van der Waals surface area contributed by atoms with Crippen molar-refractivity contribution < 1.29 is 43.3 Å². The second-order valence-electron chi connectivity index (χ2n) is 19.4. The first-order valence-electron chi connectivity index (χ1n) is 24.9. The summed E-state index contributed by atoms with van der Waals surface area (Å²) in [5.74, 6) is -2.89. The van der Waals surface area contributed by atoms with E-state index < -0.39 is 71.9 Å². The average molecular weight is 1210 g/mol. The van der Waals surface area contributed by atoms with Crippen LogP contribution in [0.5, 0.6) is 0 Å². The Labute approximate surface area is 487 Å². The lowest BCUT2D eigenvalue weighted by Crippen LogP contribution is -2.40. The fourth-order valence-corrected chi connectivity index (χ4v) is 13.5. The number of aliphatic hydroxyl groups is 1. The number of nitrogens with zero attached hydrogens (tertiary/aromatic N) is 7. The molecule has 10 bridgehead atoms. The summed E-state index contributed by atoms with van der Waals surface area (Å²) in [6, 6.07) is 9.50. The van der Waals surface area contributed by atoms with Crippen molar-refractivity contribution in [2.75, 3.05) is 32.6 Å². The lowest BCUT2D eigenvalue weighted by molar-refractivity contribution is -0.122. The molecule has 0 aliphatic carbocycles. The summed E-state index contributed by atoms with van der Waals surface area (Å²) in [6.07, 6.45) is -2.22. The number of nitrogens with two attached hydrogens (primary N) is 1. The molecule has 29 heteroatoms. The summed E-state index contributed by atoms with van der Waals surface area (Å²) in [5, 5.41) is 37.7. The van der Waals surface area contributed by atoms with E-state index in [4.69, 9.17) is 35.1 Å². The standard InChI is InChI=1S/C52H54N14O9S6/c1-23(2)36-50-66-39(32(81-50)17-74-7)43(71)55-16-35(68)63-40(41(69)25-11-9-8-10-12-25)49-60-31(20-78-49)47-58-29(18-77-47)38-26(13-14-27(56-38)46-61-33(21-79-46)62-51(73)75-22-52(4,5)53)45-59-30(19-76-45)42(70)57-28(15-34(67)54-6)48-65-37(24(3)80-48)44(72)64-36/h8-14,18-21,23,28,36,40-41,69H,15-17,22,53H2,1-7H3,(H,54,67)(H,55,71)(H,57,70)(H,62,73)(H,63,68)(H,64,72)/t28-,36-,40-,41-/m0/s1. The molecular formula is C52H54N14O9S6. The van der Waals surface area contributed by atoms with Crippen LogP contribution in [-0.4, -0.2) is 108 Å². The highest BCUT2D eigenvalue weighted by Gasteiger charge is 2.33. The predicted molar refractivity (Wildman–Crippen MR) is 310 cm³/mol. The number of aliphatic hydroxyl groups excluding tert-OH is 1. The number of aromatic nitrogens is 7. The van der Waals surface area contributed by atoms with E-state index in [1.165, 1.54) is 70.8 Å². The van der Waals surface area contributed by atoms with Crippen LogP contribution in [0.25, 0.3) is 43.4 Å². The average Bonchev–Trinajstić information content (AvgIpc) is 4.34. The number of carbonyl (C=O) groups excluding carboxylic acids is 6. The van der Waals surface area contributed by atoms with E-state index in [-0.39, 0.29) is 48.5 Å². The Morgan fingerprint density at radius 1 is 0.741 bits per heavy atom. The van der Waals surface area contributed by atoms with Gasteiger partial charge in [-0.05, 0) is 44.4 Å². The summed E-state index contributed by atoms with van der Waals surface area (Å²) in [5.41, 5.74) is 7.97. The minimum absolute atomic E-state index is 0.000157. The normalized spacial score (nSPS) is 16.6. The van der Waals surface area contributed by atoms with Crippen molar-refractivity contribution >= 4 is 109 Å². The Hall–Kier alpha value is -7.35. The van der Waals surface area contributed by atoms with Crippen LogP contribution in [-0.2, 0) is 25.7 Å². The van der Waals surface area contributed by atoms with Crippen molar-refractivity contribution in [2.45, 2.75) is 77.4 Å². The number of pyridine rings is 1. The molecule has 6 amide bonds. The number of anilines is 1. The van der Waals surface area contributed by atoms with Gasteiger partial charge in [0.15, 0.2) is 0 Å². The number of rotatable bonds is 11. The highest BCUT2D eigenvalue weighted by Crippen LogP contribution is 2.40. The van der Waals surface area contributed by atoms with Gasteiger partial charge in [0.05, 0.1) is 42.2 Å². The Balaban J connectivity index is 1.12. The number of thiazole rings is 6. The third kappa shape index (κ3) is 13.9. The molecule has 0 unspecified atom stereocenters. The predicted octanol–water partition coefficient (Wildman–Crippen LogP) is 7.60. The molecular weight excluding hydrogens is 1160 g/mol. The summed E-state index contributed by atoms with van der Waals surface area (Å²) < 4.78 is 10.7.